The number of hydrogen-bond acceptors (Lipinski definition) is 3. The maximum Gasteiger partial charge on any atom is 0.422 e. The standard InChI is InChI=1S/C14H19F3N4O.HI/c15-14(16,17)10-22-12-5-4-11(8-19-12)9-20-13(18)21-6-2-1-3-7-21;/h4-5,8H,1-3,6-7,9-10H2,(H2,18,20);1H. The fraction of sp³-hybridized carbons (Fsp3) is 0.571. The molecule has 0 atom stereocenters. The van der Waals surface area contributed by atoms with E-state index in [9.17, 15) is 13.2 Å². The van der Waals surface area contributed by atoms with Crippen LogP contribution in [0.2, 0.25) is 0 Å². The van der Waals surface area contributed by atoms with E-state index in [0.717, 1.165) is 31.5 Å². The van der Waals surface area contributed by atoms with Crippen LogP contribution in [0.25, 0.3) is 0 Å². The van der Waals surface area contributed by atoms with Crippen molar-refractivity contribution in [3.05, 3.63) is 23.9 Å². The third-order valence-corrected chi connectivity index (χ3v) is 3.29. The Morgan fingerprint density at radius 3 is 2.52 bits per heavy atom. The smallest absolute Gasteiger partial charge is 0.422 e. The van der Waals surface area contributed by atoms with Gasteiger partial charge in [0.15, 0.2) is 12.6 Å². The molecule has 1 aromatic heterocycles. The van der Waals surface area contributed by atoms with Crippen LogP contribution in [0.1, 0.15) is 24.8 Å². The van der Waals surface area contributed by atoms with Crippen molar-refractivity contribution in [1.29, 1.82) is 0 Å². The lowest BCUT2D eigenvalue weighted by molar-refractivity contribution is -0.154. The van der Waals surface area contributed by atoms with Gasteiger partial charge in [-0.2, -0.15) is 13.2 Å². The molecular formula is C14H20F3IN4O. The van der Waals surface area contributed by atoms with Crippen molar-refractivity contribution < 1.29 is 17.9 Å². The Morgan fingerprint density at radius 2 is 1.96 bits per heavy atom. The van der Waals surface area contributed by atoms with E-state index in [1.165, 1.54) is 18.7 Å². The molecular weight excluding hydrogens is 424 g/mol. The number of piperidine rings is 1. The molecule has 0 bridgehead atoms. The maximum absolute atomic E-state index is 12.0. The van der Waals surface area contributed by atoms with Gasteiger partial charge >= 0.3 is 6.18 Å². The van der Waals surface area contributed by atoms with Crippen molar-refractivity contribution in [1.82, 2.24) is 9.88 Å². The minimum atomic E-state index is -4.37. The van der Waals surface area contributed by atoms with Gasteiger partial charge in [0, 0.05) is 25.4 Å². The Hall–Kier alpha value is -1.26. The molecule has 1 aliphatic heterocycles. The second-order valence-electron chi connectivity index (χ2n) is 5.13. The Balaban J connectivity index is 0.00000264. The molecule has 1 saturated heterocycles. The summed E-state index contributed by atoms with van der Waals surface area (Å²) in [5.41, 5.74) is 6.69. The average molecular weight is 444 g/mol. The molecule has 0 unspecified atom stereocenters. The van der Waals surface area contributed by atoms with Gasteiger partial charge in [-0.05, 0) is 24.8 Å². The van der Waals surface area contributed by atoms with Gasteiger partial charge in [-0.15, -0.1) is 24.0 Å². The first-order chi connectivity index (χ1) is 10.4. The molecule has 1 aromatic rings. The fourth-order valence-corrected chi connectivity index (χ4v) is 2.14. The molecule has 130 valence electrons. The summed E-state index contributed by atoms with van der Waals surface area (Å²) in [6, 6.07) is 3.03. The predicted octanol–water partition coefficient (Wildman–Crippen LogP) is 2.94. The number of guanidine groups is 1. The molecule has 1 fully saturated rings. The van der Waals surface area contributed by atoms with E-state index < -0.39 is 12.8 Å². The largest absolute Gasteiger partial charge is 0.468 e. The second kappa shape index (κ2) is 9.14. The quantitative estimate of drug-likeness (QED) is 0.441. The van der Waals surface area contributed by atoms with Crippen LogP contribution in [0.5, 0.6) is 5.88 Å². The van der Waals surface area contributed by atoms with E-state index in [4.69, 9.17) is 5.73 Å². The van der Waals surface area contributed by atoms with Crippen LogP contribution >= 0.6 is 24.0 Å². The van der Waals surface area contributed by atoms with Gasteiger partial charge in [0.1, 0.15) is 0 Å². The zero-order valence-electron chi connectivity index (χ0n) is 12.6. The molecule has 0 saturated carbocycles. The van der Waals surface area contributed by atoms with Gasteiger partial charge in [0.2, 0.25) is 5.88 Å². The van der Waals surface area contributed by atoms with Gasteiger partial charge in [-0.3, -0.25) is 0 Å². The van der Waals surface area contributed by atoms with Crippen molar-refractivity contribution in [2.24, 2.45) is 10.7 Å². The number of rotatable bonds is 4. The first kappa shape index (κ1) is 19.8. The minimum Gasteiger partial charge on any atom is -0.468 e. The van der Waals surface area contributed by atoms with Crippen LogP contribution in [0.3, 0.4) is 0 Å². The average Bonchev–Trinajstić information content (AvgIpc) is 2.52. The van der Waals surface area contributed by atoms with Gasteiger partial charge in [-0.1, -0.05) is 6.07 Å². The van der Waals surface area contributed by atoms with Crippen molar-refractivity contribution in [2.75, 3.05) is 19.7 Å². The molecule has 0 aliphatic carbocycles. The summed E-state index contributed by atoms with van der Waals surface area (Å²) in [5.74, 6) is 0.436. The van der Waals surface area contributed by atoms with Crippen molar-refractivity contribution in [3.8, 4) is 5.88 Å². The summed E-state index contributed by atoms with van der Waals surface area (Å²) >= 11 is 0. The summed E-state index contributed by atoms with van der Waals surface area (Å²) in [7, 11) is 0. The zero-order chi connectivity index (χ0) is 16.0. The molecule has 1 aliphatic rings. The monoisotopic (exact) mass is 444 g/mol. The van der Waals surface area contributed by atoms with E-state index in [1.54, 1.807) is 6.07 Å². The highest BCUT2D eigenvalue weighted by atomic mass is 127. The molecule has 0 radical (unpaired) electrons. The van der Waals surface area contributed by atoms with Crippen LogP contribution in [0, 0.1) is 0 Å². The molecule has 0 spiro atoms. The lowest BCUT2D eigenvalue weighted by atomic mass is 10.1. The van der Waals surface area contributed by atoms with Gasteiger partial charge < -0.3 is 15.4 Å². The highest BCUT2D eigenvalue weighted by molar-refractivity contribution is 14.0. The molecule has 2 N–H and O–H groups in total. The van der Waals surface area contributed by atoms with E-state index in [0.29, 0.717) is 12.5 Å². The molecule has 2 heterocycles. The molecule has 9 heteroatoms. The molecule has 0 amide bonds. The number of ether oxygens (including phenoxy) is 1. The summed E-state index contributed by atoms with van der Waals surface area (Å²) in [4.78, 5) is 10.2. The van der Waals surface area contributed by atoms with E-state index >= 15 is 0 Å². The summed E-state index contributed by atoms with van der Waals surface area (Å²) in [6.07, 6.45) is 0.519. The van der Waals surface area contributed by atoms with Crippen LogP contribution in [-0.2, 0) is 6.54 Å². The van der Waals surface area contributed by atoms with E-state index in [-0.39, 0.29) is 29.9 Å². The molecule has 5 nitrogen and oxygen atoms in total. The Kier molecular flexibility index (Phi) is 7.86. The lowest BCUT2D eigenvalue weighted by Crippen LogP contribution is -2.40. The van der Waals surface area contributed by atoms with Crippen LogP contribution < -0.4 is 10.5 Å². The Morgan fingerprint density at radius 1 is 1.26 bits per heavy atom. The van der Waals surface area contributed by atoms with Crippen molar-refractivity contribution in [3.63, 3.8) is 0 Å². The van der Waals surface area contributed by atoms with Gasteiger partial charge in [0.25, 0.3) is 0 Å². The molecule has 23 heavy (non-hydrogen) atoms. The first-order valence-electron chi connectivity index (χ1n) is 7.13. The number of aromatic nitrogens is 1. The number of aliphatic imine (C=N–C) groups is 1. The third-order valence-electron chi connectivity index (χ3n) is 3.29. The maximum atomic E-state index is 12.0. The Bertz CT molecular complexity index is 502. The lowest BCUT2D eigenvalue weighted by Gasteiger charge is -2.27. The topological polar surface area (TPSA) is 63.7 Å². The van der Waals surface area contributed by atoms with Gasteiger partial charge in [0.05, 0.1) is 6.54 Å². The number of nitrogens with two attached hydrogens (primary N) is 1. The van der Waals surface area contributed by atoms with E-state index in [1.807, 2.05) is 4.90 Å². The normalized spacial score (nSPS) is 16.0. The summed E-state index contributed by atoms with van der Waals surface area (Å²) in [5, 5.41) is 0. The van der Waals surface area contributed by atoms with Crippen LogP contribution in [0.15, 0.2) is 23.3 Å². The minimum absolute atomic E-state index is 0. The third kappa shape index (κ3) is 7.23. The molecule has 2 rings (SSSR count). The first-order valence-corrected chi connectivity index (χ1v) is 7.13. The number of likely N-dealkylation sites (tertiary alicyclic amines) is 1. The summed E-state index contributed by atoms with van der Waals surface area (Å²) in [6.45, 7) is 0.823. The van der Waals surface area contributed by atoms with Crippen LogP contribution in [0.4, 0.5) is 13.2 Å². The van der Waals surface area contributed by atoms with E-state index in [2.05, 4.69) is 14.7 Å². The highest BCUT2D eigenvalue weighted by Gasteiger charge is 2.28. The molecule has 0 aromatic carbocycles. The predicted molar refractivity (Wildman–Crippen MR) is 92.0 cm³/mol. The SMILES string of the molecule is I.NC(=NCc1ccc(OCC(F)(F)F)nc1)N1CCCCC1. The number of alkyl halides is 3. The number of halogens is 4. The van der Waals surface area contributed by atoms with Crippen molar-refractivity contribution in [2.45, 2.75) is 32.0 Å². The number of pyridine rings is 1. The van der Waals surface area contributed by atoms with Crippen LogP contribution in [-0.4, -0.2) is 41.7 Å². The highest BCUT2D eigenvalue weighted by Crippen LogP contribution is 2.17. The Labute approximate surface area is 150 Å². The van der Waals surface area contributed by atoms with Gasteiger partial charge in [-0.25, -0.2) is 9.98 Å². The number of hydrogen-bond donors (Lipinski definition) is 1. The fourth-order valence-electron chi connectivity index (χ4n) is 2.14. The number of nitrogens with zero attached hydrogens (tertiary/aromatic N) is 3. The summed E-state index contributed by atoms with van der Waals surface area (Å²) < 4.78 is 40.6. The zero-order valence-corrected chi connectivity index (χ0v) is 14.9. The van der Waals surface area contributed by atoms with Crippen molar-refractivity contribution >= 4 is 29.9 Å². The second-order valence-corrected chi connectivity index (χ2v) is 5.13.